The van der Waals surface area contributed by atoms with Crippen molar-refractivity contribution in [2.24, 2.45) is 0 Å². The van der Waals surface area contributed by atoms with E-state index in [1.165, 1.54) is 5.56 Å². The Morgan fingerprint density at radius 1 is 1.00 bits per heavy atom. The fraction of sp³-hybridized carbons (Fsp3) is 0.414. The van der Waals surface area contributed by atoms with Crippen molar-refractivity contribution in [1.82, 2.24) is 14.7 Å². The predicted octanol–water partition coefficient (Wildman–Crippen LogP) is 6.06. The first-order valence-electron chi connectivity index (χ1n) is 12.4. The first-order chi connectivity index (χ1) is 16.6. The summed E-state index contributed by atoms with van der Waals surface area (Å²) in [4.78, 5) is 28.0. The molecular formula is C29H38N4O2. The van der Waals surface area contributed by atoms with E-state index in [0.29, 0.717) is 17.9 Å². The van der Waals surface area contributed by atoms with Gasteiger partial charge in [-0.25, -0.2) is 4.68 Å². The summed E-state index contributed by atoms with van der Waals surface area (Å²) in [7, 11) is 0. The van der Waals surface area contributed by atoms with Crippen molar-refractivity contribution in [2.75, 3.05) is 18.4 Å². The zero-order chi connectivity index (χ0) is 25.6. The van der Waals surface area contributed by atoms with Gasteiger partial charge in [-0.1, -0.05) is 76.4 Å². The molecule has 186 valence electrons. The summed E-state index contributed by atoms with van der Waals surface area (Å²) >= 11 is 0. The van der Waals surface area contributed by atoms with Gasteiger partial charge in [0.1, 0.15) is 12.4 Å². The molecule has 0 atom stereocenters. The summed E-state index contributed by atoms with van der Waals surface area (Å²) in [5.74, 6) is 0.236. The van der Waals surface area contributed by atoms with Crippen molar-refractivity contribution in [2.45, 2.75) is 66.2 Å². The smallest absolute Gasteiger partial charge is 0.254 e. The van der Waals surface area contributed by atoms with Crippen LogP contribution in [0.15, 0.2) is 54.6 Å². The van der Waals surface area contributed by atoms with Crippen molar-refractivity contribution >= 4 is 17.6 Å². The molecule has 6 heteroatoms. The highest BCUT2D eigenvalue weighted by atomic mass is 16.2. The van der Waals surface area contributed by atoms with E-state index in [0.717, 1.165) is 36.2 Å². The molecule has 6 nitrogen and oxygen atoms in total. The topological polar surface area (TPSA) is 67.2 Å². The maximum atomic E-state index is 13.2. The lowest BCUT2D eigenvalue weighted by molar-refractivity contribution is -0.117. The fourth-order valence-electron chi connectivity index (χ4n) is 3.99. The van der Waals surface area contributed by atoms with Crippen molar-refractivity contribution in [3.8, 4) is 5.69 Å². The summed E-state index contributed by atoms with van der Waals surface area (Å²) in [6.45, 7) is 13.0. The first-order valence-corrected chi connectivity index (χ1v) is 12.4. The van der Waals surface area contributed by atoms with Crippen LogP contribution in [0.1, 0.15) is 74.1 Å². The van der Waals surface area contributed by atoms with E-state index in [9.17, 15) is 9.59 Å². The highest BCUT2D eigenvalue weighted by Crippen LogP contribution is 2.28. The molecule has 1 aromatic heterocycles. The molecule has 0 aliphatic carbocycles. The van der Waals surface area contributed by atoms with Gasteiger partial charge in [0.2, 0.25) is 5.91 Å². The van der Waals surface area contributed by atoms with Crippen LogP contribution in [-0.4, -0.2) is 39.6 Å². The number of aryl methyl sites for hydroxylation is 2. The number of aromatic nitrogens is 2. The van der Waals surface area contributed by atoms with Crippen LogP contribution in [0, 0.1) is 13.8 Å². The molecule has 0 aliphatic rings. The molecule has 3 rings (SSSR count). The first kappa shape index (κ1) is 26.2. The summed E-state index contributed by atoms with van der Waals surface area (Å²) in [6, 6.07) is 17.2. The standard InChI is InChI=1S/C29H38N4O2/c1-7-8-12-17-32(28(35)23-13-10-9-11-14-23)20-27(34)30-26-19-25(29(4,5)6)31-33(26)24-16-15-21(2)18-22(24)3/h9-11,13-16,18-19H,7-8,12,17,20H2,1-6H3,(H,30,34). The molecule has 0 spiro atoms. The van der Waals surface area contributed by atoms with Crippen molar-refractivity contribution in [3.05, 3.63) is 77.0 Å². The van der Waals surface area contributed by atoms with E-state index in [-0.39, 0.29) is 23.8 Å². The third kappa shape index (κ3) is 6.81. The van der Waals surface area contributed by atoms with Gasteiger partial charge >= 0.3 is 0 Å². The number of amides is 2. The van der Waals surface area contributed by atoms with Crippen molar-refractivity contribution in [1.29, 1.82) is 0 Å². The lowest BCUT2D eigenvalue weighted by Gasteiger charge is -2.22. The Labute approximate surface area is 209 Å². The Bertz CT molecular complexity index is 1160. The van der Waals surface area contributed by atoms with Gasteiger partial charge < -0.3 is 10.2 Å². The SMILES string of the molecule is CCCCCN(CC(=O)Nc1cc(C(C)(C)C)nn1-c1ccc(C)cc1C)C(=O)c1ccccc1. The van der Waals surface area contributed by atoms with Gasteiger partial charge in [-0.05, 0) is 44.0 Å². The molecule has 3 aromatic rings. The van der Waals surface area contributed by atoms with Gasteiger partial charge in [0.15, 0.2) is 0 Å². The predicted molar refractivity (Wildman–Crippen MR) is 142 cm³/mol. The van der Waals surface area contributed by atoms with E-state index in [2.05, 4.69) is 46.0 Å². The zero-order valence-corrected chi connectivity index (χ0v) is 21.9. The zero-order valence-electron chi connectivity index (χ0n) is 21.9. The number of hydrogen-bond donors (Lipinski definition) is 1. The van der Waals surface area contributed by atoms with Gasteiger partial charge in [0.05, 0.1) is 11.4 Å². The number of rotatable bonds is 9. The minimum atomic E-state index is -0.239. The Morgan fingerprint density at radius 2 is 1.71 bits per heavy atom. The number of carbonyl (C=O) groups is 2. The van der Waals surface area contributed by atoms with Crippen LogP contribution in [0.25, 0.3) is 5.69 Å². The maximum absolute atomic E-state index is 13.2. The highest BCUT2D eigenvalue weighted by molar-refractivity contribution is 5.99. The second-order valence-corrected chi connectivity index (χ2v) is 10.2. The van der Waals surface area contributed by atoms with E-state index in [1.54, 1.807) is 21.7 Å². The monoisotopic (exact) mass is 474 g/mol. The minimum absolute atomic E-state index is 0.0135. The normalized spacial score (nSPS) is 11.4. The van der Waals surface area contributed by atoms with Gasteiger partial charge in [-0.15, -0.1) is 0 Å². The number of nitrogens with one attached hydrogen (secondary N) is 1. The Kier molecular flexibility index (Phi) is 8.49. The van der Waals surface area contributed by atoms with Crippen LogP contribution < -0.4 is 5.32 Å². The number of hydrogen-bond acceptors (Lipinski definition) is 3. The Morgan fingerprint density at radius 3 is 2.34 bits per heavy atom. The number of nitrogens with zero attached hydrogens (tertiary/aromatic N) is 3. The molecule has 0 radical (unpaired) electrons. The summed E-state index contributed by atoms with van der Waals surface area (Å²) < 4.78 is 1.80. The quantitative estimate of drug-likeness (QED) is 0.384. The second-order valence-electron chi connectivity index (χ2n) is 10.2. The maximum Gasteiger partial charge on any atom is 0.254 e. The van der Waals surface area contributed by atoms with Gasteiger partial charge in [-0.3, -0.25) is 9.59 Å². The number of unbranched alkanes of at least 4 members (excludes halogenated alkanes) is 2. The fourth-order valence-corrected chi connectivity index (χ4v) is 3.99. The van der Waals surface area contributed by atoms with E-state index in [4.69, 9.17) is 5.10 Å². The van der Waals surface area contributed by atoms with Crippen molar-refractivity contribution in [3.63, 3.8) is 0 Å². The number of carbonyl (C=O) groups excluding carboxylic acids is 2. The molecular weight excluding hydrogens is 436 g/mol. The van der Waals surface area contributed by atoms with Crippen molar-refractivity contribution < 1.29 is 9.59 Å². The van der Waals surface area contributed by atoms with E-state index in [1.807, 2.05) is 43.3 Å². The molecule has 0 aliphatic heterocycles. The van der Waals surface area contributed by atoms with Crippen LogP contribution in [0.4, 0.5) is 5.82 Å². The van der Waals surface area contributed by atoms with Crippen LogP contribution in [0.2, 0.25) is 0 Å². The van der Waals surface area contributed by atoms with E-state index < -0.39 is 0 Å². The van der Waals surface area contributed by atoms with Gasteiger partial charge in [0, 0.05) is 23.6 Å². The second kappa shape index (κ2) is 11.3. The van der Waals surface area contributed by atoms with E-state index >= 15 is 0 Å². The lowest BCUT2D eigenvalue weighted by atomic mass is 9.92. The third-order valence-electron chi connectivity index (χ3n) is 6.00. The molecule has 0 saturated carbocycles. The molecule has 0 bridgehead atoms. The van der Waals surface area contributed by atoms with Gasteiger partial charge in [0.25, 0.3) is 5.91 Å². The molecule has 0 unspecified atom stereocenters. The van der Waals surface area contributed by atoms with Crippen LogP contribution >= 0.6 is 0 Å². The largest absolute Gasteiger partial charge is 0.329 e. The summed E-state index contributed by atoms with van der Waals surface area (Å²) in [5, 5.41) is 7.88. The lowest BCUT2D eigenvalue weighted by Crippen LogP contribution is -2.39. The molecule has 2 amide bonds. The van der Waals surface area contributed by atoms with Crippen LogP contribution in [0.3, 0.4) is 0 Å². The Hall–Kier alpha value is -3.41. The van der Waals surface area contributed by atoms with Gasteiger partial charge in [-0.2, -0.15) is 5.10 Å². The average molecular weight is 475 g/mol. The van der Waals surface area contributed by atoms with Crippen LogP contribution in [0.5, 0.6) is 0 Å². The third-order valence-corrected chi connectivity index (χ3v) is 6.00. The molecule has 35 heavy (non-hydrogen) atoms. The summed E-state index contributed by atoms with van der Waals surface area (Å²) in [5.41, 5.74) is 4.45. The molecule has 0 saturated heterocycles. The summed E-state index contributed by atoms with van der Waals surface area (Å²) in [6.07, 6.45) is 2.91. The number of anilines is 1. The molecule has 0 fully saturated rings. The molecule has 1 N–H and O–H groups in total. The van der Waals surface area contributed by atoms with Crippen LogP contribution in [-0.2, 0) is 10.2 Å². The molecule has 2 aromatic carbocycles. The molecule has 1 heterocycles. The number of benzene rings is 2. The highest BCUT2D eigenvalue weighted by Gasteiger charge is 2.24. The Balaban J connectivity index is 1.87. The average Bonchev–Trinajstić information content (AvgIpc) is 3.22. The minimum Gasteiger partial charge on any atom is -0.329 e.